The van der Waals surface area contributed by atoms with Crippen LogP contribution in [0.15, 0.2) is 36.5 Å². The van der Waals surface area contributed by atoms with Crippen LogP contribution >= 0.6 is 0 Å². The summed E-state index contributed by atoms with van der Waals surface area (Å²) in [6, 6.07) is 0. The van der Waals surface area contributed by atoms with Crippen molar-refractivity contribution in [1.29, 1.82) is 0 Å². The first kappa shape index (κ1) is 73.6. The zero-order valence-corrected chi connectivity index (χ0v) is 51.3. The largest absolute Gasteiger partial charge is 0.462 e. The van der Waals surface area contributed by atoms with Crippen LogP contribution in [-0.2, 0) is 28.6 Å². The minimum Gasteiger partial charge on any atom is -0.462 e. The van der Waals surface area contributed by atoms with Crippen molar-refractivity contribution in [3.8, 4) is 0 Å². The molecule has 446 valence electrons. The van der Waals surface area contributed by atoms with E-state index in [9.17, 15) is 14.4 Å². The molecule has 76 heavy (non-hydrogen) atoms. The number of hydrogen-bond acceptors (Lipinski definition) is 6. The van der Waals surface area contributed by atoms with E-state index in [2.05, 4.69) is 57.2 Å². The Labute approximate surface area is 474 Å². The Kier molecular flexibility index (Phi) is 63.1. The SMILES string of the molecule is CCC/C=C\C/C=C\CCCCCCCC(=O)OC(COC(=O)CCCCCCC/C=C\CCCCC)COC(=O)CCCCCCCCCCCCCCCCCCCCCCCCCCCCCCCCCCC. The van der Waals surface area contributed by atoms with Crippen LogP contribution in [0.1, 0.15) is 374 Å². The lowest BCUT2D eigenvalue weighted by atomic mass is 10.0. The fourth-order valence-electron chi connectivity index (χ4n) is 10.2. The van der Waals surface area contributed by atoms with E-state index in [1.54, 1.807) is 0 Å². The third-order valence-electron chi connectivity index (χ3n) is 15.3. The molecule has 0 fully saturated rings. The van der Waals surface area contributed by atoms with E-state index in [4.69, 9.17) is 14.2 Å². The second-order valence-electron chi connectivity index (χ2n) is 23.1. The second-order valence-corrected chi connectivity index (χ2v) is 23.1. The van der Waals surface area contributed by atoms with Crippen LogP contribution in [0, 0.1) is 0 Å². The van der Waals surface area contributed by atoms with Crippen LogP contribution in [0.4, 0.5) is 0 Å². The minimum absolute atomic E-state index is 0.0769. The number of ether oxygens (including phenoxy) is 3. The summed E-state index contributed by atoms with van der Waals surface area (Å²) in [4.78, 5) is 38.2. The van der Waals surface area contributed by atoms with E-state index in [-0.39, 0.29) is 31.1 Å². The van der Waals surface area contributed by atoms with Gasteiger partial charge < -0.3 is 14.2 Å². The Hall–Kier alpha value is -2.37. The van der Waals surface area contributed by atoms with E-state index in [0.717, 1.165) is 96.3 Å². The Morgan fingerprint density at radius 1 is 0.263 bits per heavy atom. The molecule has 0 saturated carbocycles. The highest BCUT2D eigenvalue weighted by Gasteiger charge is 2.19. The van der Waals surface area contributed by atoms with Crippen LogP contribution in [0.5, 0.6) is 0 Å². The summed E-state index contributed by atoms with van der Waals surface area (Å²) >= 11 is 0. The quantitative estimate of drug-likeness (QED) is 0.0261. The number of esters is 3. The molecular formula is C70H130O6. The summed E-state index contributed by atoms with van der Waals surface area (Å²) < 4.78 is 16.9. The Balaban J connectivity index is 4.02. The number of unbranched alkanes of at least 4 members (excludes halogenated alkanes) is 46. The Morgan fingerprint density at radius 3 is 0.816 bits per heavy atom. The van der Waals surface area contributed by atoms with Gasteiger partial charge in [-0.1, -0.05) is 320 Å². The molecule has 0 aliphatic rings. The van der Waals surface area contributed by atoms with Gasteiger partial charge in [0.1, 0.15) is 13.2 Å². The molecule has 0 aromatic rings. The van der Waals surface area contributed by atoms with Gasteiger partial charge in [-0.15, -0.1) is 0 Å². The van der Waals surface area contributed by atoms with Gasteiger partial charge in [-0.05, 0) is 70.6 Å². The Bertz CT molecular complexity index is 1270. The molecule has 1 atom stereocenters. The lowest BCUT2D eigenvalue weighted by molar-refractivity contribution is -0.167. The van der Waals surface area contributed by atoms with E-state index in [1.807, 2.05) is 0 Å². The fourth-order valence-corrected chi connectivity index (χ4v) is 10.2. The van der Waals surface area contributed by atoms with Gasteiger partial charge in [0.25, 0.3) is 0 Å². The monoisotopic (exact) mass is 1070 g/mol. The van der Waals surface area contributed by atoms with Crippen LogP contribution < -0.4 is 0 Å². The molecule has 0 rings (SSSR count). The second kappa shape index (κ2) is 65.2. The first-order valence-corrected chi connectivity index (χ1v) is 34.0. The molecule has 0 aromatic carbocycles. The van der Waals surface area contributed by atoms with E-state index in [0.29, 0.717) is 19.3 Å². The number of hydrogen-bond donors (Lipinski definition) is 0. The molecule has 0 bridgehead atoms. The average molecular weight is 1070 g/mol. The maximum Gasteiger partial charge on any atom is 0.306 e. The highest BCUT2D eigenvalue weighted by atomic mass is 16.6. The van der Waals surface area contributed by atoms with Crippen LogP contribution in [0.2, 0.25) is 0 Å². The topological polar surface area (TPSA) is 78.9 Å². The smallest absolute Gasteiger partial charge is 0.306 e. The van der Waals surface area contributed by atoms with Crippen molar-refractivity contribution < 1.29 is 28.6 Å². The van der Waals surface area contributed by atoms with Crippen LogP contribution in [0.3, 0.4) is 0 Å². The summed E-state index contributed by atoms with van der Waals surface area (Å²) in [6.45, 7) is 6.59. The van der Waals surface area contributed by atoms with E-state index < -0.39 is 6.10 Å². The van der Waals surface area contributed by atoms with Crippen molar-refractivity contribution in [2.45, 2.75) is 380 Å². The predicted molar refractivity (Wildman–Crippen MR) is 330 cm³/mol. The molecule has 0 aliphatic heterocycles. The van der Waals surface area contributed by atoms with Gasteiger partial charge in [-0.25, -0.2) is 0 Å². The van der Waals surface area contributed by atoms with Gasteiger partial charge in [0, 0.05) is 19.3 Å². The molecule has 0 radical (unpaired) electrons. The molecule has 0 aromatic heterocycles. The van der Waals surface area contributed by atoms with Gasteiger partial charge in [0.15, 0.2) is 6.10 Å². The van der Waals surface area contributed by atoms with Crippen molar-refractivity contribution in [2.24, 2.45) is 0 Å². The van der Waals surface area contributed by atoms with Gasteiger partial charge in [0.05, 0.1) is 0 Å². The number of carbonyl (C=O) groups is 3. The summed E-state index contributed by atoms with van der Waals surface area (Å²) in [7, 11) is 0. The van der Waals surface area contributed by atoms with Crippen molar-refractivity contribution in [3.63, 3.8) is 0 Å². The predicted octanol–water partition coefficient (Wildman–Crippen LogP) is 23.2. The summed E-state index contributed by atoms with van der Waals surface area (Å²) in [5.41, 5.74) is 0. The highest BCUT2D eigenvalue weighted by molar-refractivity contribution is 5.71. The standard InChI is InChI=1S/C70H130O6/c1-4-7-10-13-16-19-22-25-26-27-28-29-30-31-32-33-34-35-36-37-38-39-40-41-42-43-44-46-48-51-54-57-60-63-69(72)75-66-67(65-74-68(71)62-59-56-53-50-47-24-21-18-15-12-9-6-3)76-70(73)64-61-58-55-52-49-45-23-20-17-14-11-8-5-2/h11,14,18,20-21,23,67H,4-10,12-13,15-17,19,22,24-66H2,1-3H3/b14-11-,21-18-,23-20-. The van der Waals surface area contributed by atoms with Crippen molar-refractivity contribution in [2.75, 3.05) is 13.2 Å². The maximum absolute atomic E-state index is 12.8. The van der Waals surface area contributed by atoms with Crippen LogP contribution in [-0.4, -0.2) is 37.2 Å². The molecular weight excluding hydrogens is 937 g/mol. The van der Waals surface area contributed by atoms with Crippen molar-refractivity contribution >= 4 is 17.9 Å². The molecule has 1 unspecified atom stereocenters. The van der Waals surface area contributed by atoms with Crippen molar-refractivity contribution in [3.05, 3.63) is 36.5 Å². The lowest BCUT2D eigenvalue weighted by Crippen LogP contribution is -2.30. The zero-order valence-electron chi connectivity index (χ0n) is 51.3. The summed E-state index contributed by atoms with van der Waals surface area (Å²) in [6.07, 6.45) is 80.6. The summed E-state index contributed by atoms with van der Waals surface area (Å²) in [5, 5.41) is 0. The third kappa shape index (κ3) is 62.5. The molecule has 0 N–H and O–H groups in total. The number of carbonyl (C=O) groups excluding carboxylic acids is 3. The van der Waals surface area contributed by atoms with E-state index in [1.165, 1.54) is 238 Å². The Morgan fingerprint density at radius 2 is 0.500 bits per heavy atom. The third-order valence-corrected chi connectivity index (χ3v) is 15.3. The zero-order chi connectivity index (χ0) is 55.0. The fraction of sp³-hybridized carbons (Fsp3) is 0.871. The van der Waals surface area contributed by atoms with Crippen molar-refractivity contribution in [1.82, 2.24) is 0 Å². The molecule has 0 aliphatic carbocycles. The molecule has 6 nitrogen and oxygen atoms in total. The van der Waals surface area contributed by atoms with Gasteiger partial charge in [-0.3, -0.25) is 14.4 Å². The normalized spacial score (nSPS) is 12.2. The average Bonchev–Trinajstić information content (AvgIpc) is 3.42. The number of rotatable bonds is 63. The highest BCUT2D eigenvalue weighted by Crippen LogP contribution is 2.18. The van der Waals surface area contributed by atoms with Gasteiger partial charge in [0.2, 0.25) is 0 Å². The van der Waals surface area contributed by atoms with E-state index >= 15 is 0 Å². The minimum atomic E-state index is -0.780. The van der Waals surface area contributed by atoms with Gasteiger partial charge in [-0.2, -0.15) is 0 Å². The maximum atomic E-state index is 12.8. The lowest BCUT2D eigenvalue weighted by Gasteiger charge is -2.18. The molecule has 0 saturated heterocycles. The molecule has 0 heterocycles. The molecule has 0 spiro atoms. The molecule has 0 amide bonds. The first-order chi connectivity index (χ1) is 37.5. The molecule has 6 heteroatoms. The number of allylic oxidation sites excluding steroid dienone is 6. The van der Waals surface area contributed by atoms with Crippen LogP contribution in [0.25, 0.3) is 0 Å². The summed E-state index contributed by atoms with van der Waals surface area (Å²) in [5.74, 6) is -0.881. The first-order valence-electron chi connectivity index (χ1n) is 34.0. The van der Waals surface area contributed by atoms with Gasteiger partial charge >= 0.3 is 17.9 Å².